The summed E-state index contributed by atoms with van der Waals surface area (Å²) >= 11 is 0. The SMILES string of the molecule is COc1ccccc1C(C)(N)c1cccc2cccnc12. The first-order chi connectivity index (χ1) is 10.1. The highest BCUT2D eigenvalue weighted by Gasteiger charge is 2.29. The second kappa shape index (κ2) is 5.19. The number of para-hydroxylation sites is 2. The van der Waals surface area contributed by atoms with Gasteiger partial charge in [0.1, 0.15) is 5.75 Å². The maximum absolute atomic E-state index is 6.68. The summed E-state index contributed by atoms with van der Waals surface area (Å²) in [5.41, 5.74) is 8.87. The number of hydrogen-bond donors (Lipinski definition) is 1. The summed E-state index contributed by atoms with van der Waals surface area (Å²) < 4.78 is 5.46. The van der Waals surface area contributed by atoms with E-state index in [1.165, 1.54) is 0 Å². The molecule has 0 saturated heterocycles. The van der Waals surface area contributed by atoms with Crippen molar-refractivity contribution in [2.75, 3.05) is 7.11 Å². The Morgan fingerprint density at radius 1 is 0.952 bits per heavy atom. The Labute approximate surface area is 124 Å². The molecule has 2 N–H and O–H groups in total. The van der Waals surface area contributed by atoms with E-state index in [0.717, 1.165) is 27.8 Å². The lowest BCUT2D eigenvalue weighted by Crippen LogP contribution is -2.35. The third kappa shape index (κ3) is 2.26. The Morgan fingerprint density at radius 2 is 1.67 bits per heavy atom. The molecule has 0 aliphatic rings. The Bertz CT molecular complexity index is 776. The number of nitrogens with two attached hydrogens (primary N) is 1. The molecule has 1 atom stereocenters. The zero-order chi connectivity index (χ0) is 14.9. The predicted octanol–water partition coefficient (Wildman–Crippen LogP) is 3.47. The van der Waals surface area contributed by atoms with Gasteiger partial charge >= 0.3 is 0 Å². The average molecular weight is 278 g/mol. The van der Waals surface area contributed by atoms with Crippen LogP contribution >= 0.6 is 0 Å². The summed E-state index contributed by atoms with van der Waals surface area (Å²) in [6, 6.07) is 17.9. The molecule has 3 nitrogen and oxygen atoms in total. The first-order valence-electron chi connectivity index (χ1n) is 6.91. The minimum atomic E-state index is -0.680. The van der Waals surface area contributed by atoms with Gasteiger partial charge in [0.05, 0.1) is 18.2 Å². The second-order valence-electron chi connectivity index (χ2n) is 5.28. The van der Waals surface area contributed by atoms with Crippen molar-refractivity contribution in [3.05, 3.63) is 71.9 Å². The van der Waals surface area contributed by atoms with Crippen LogP contribution in [0.4, 0.5) is 0 Å². The van der Waals surface area contributed by atoms with Crippen molar-refractivity contribution in [1.29, 1.82) is 0 Å². The Balaban J connectivity index is 2.25. The third-order valence-corrected chi connectivity index (χ3v) is 3.86. The van der Waals surface area contributed by atoms with E-state index in [1.54, 1.807) is 13.3 Å². The summed E-state index contributed by atoms with van der Waals surface area (Å²) in [5.74, 6) is 0.787. The van der Waals surface area contributed by atoms with Crippen LogP contribution in [0.5, 0.6) is 5.75 Å². The van der Waals surface area contributed by atoms with Gasteiger partial charge in [0, 0.05) is 22.7 Å². The fraction of sp³-hybridized carbons (Fsp3) is 0.167. The standard InChI is InChI=1S/C18H18N2O/c1-18(19,14-9-3-4-11-16(14)21-2)15-10-5-7-13-8-6-12-20-17(13)15/h3-12H,19H2,1-2H3. The van der Waals surface area contributed by atoms with Crippen molar-refractivity contribution in [3.63, 3.8) is 0 Å². The van der Waals surface area contributed by atoms with Gasteiger partial charge in [-0.05, 0) is 19.1 Å². The first kappa shape index (κ1) is 13.6. The van der Waals surface area contributed by atoms with Crippen LogP contribution in [0.25, 0.3) is 10.9 Å². The Hall–Kier alpha value is -2.39. The Kier molecular flexibility index (Phi) is 3.35. The molecule has 3 heteroatoms. The molecule has 0 bridgehead atoms. The fourth-order valence-electron chi connectivity index (χ4n) is 2.74. The molecule has 0 aliphatic carbocycles. The molecule has 3 rings (SSSR count). The van der Waals surface area contributed by atoms with E-state index in [4.69, 9.17) is 10.5 Å². The van der Waals surface area contributed by atoms with Gasteiger partial charge in [0.25, 0.3) is 0 Å². The monoisotopic (exact) mass is 278 g/mol. The molecular formula is C18H18N2O. The number of methoxy groups -OCH3 is 1. The van der Waals surface area contributed by atoms with E-state index in [1.807, 2.05) is 61.5 Å². The van der Waals surface area contributed by atoms with Gasteiger partial charge in [-0.1, -0.05) is 42.5 Å². The van der Waals surface area contributed by atoms with Gasteiger partial charge in [-0.2, -0.15) is 0 Å². The summed E-state index contributed by atoms with van der Waals surface area (Å²) in [4.78, 5) is 4.51. The minimum Gasteiger partial charge on any atom is -0.496 e. The zero-order valence-corrected chi connectivity index (χ0v) is 12.2. The fourth-order valence-corrected chi connectivity index (χ4v) is 2.74. The van der Waals surface area contributed by atoms with Crippen molar-refractivity contribution in [2.24, 2.45) is 5.73 Å². The summed E-state index contributed by atoms with van der Waals surface area (Å²) in [6.07, 6.45) is 1.80. The smallest absolute Gasteiger partial charge is 0.124 e. The number of fused-ring (bicyclic) bond motifs is 1. The topological polar surface area (TPSA) is 48.1 Å². The van der Waals surface area contributed by atoms with Crippen LogP contribution in [-0.4, -0.2) is 12.1 Å². The second-order valence-corrected chi connectivity index (χ2v) is 5.28. The first-order valence-corrected chi connectivity index (χ1v) is 6.91. The van der Waals surface area contributed by atoms with Crippen LogP contribution in [0.1, 0.15) is 18.1 Å². The van der Waals surface area contributed by atoms with E-state index in [2.05, 4.69) is 4.98 Å². The number of rotatable bonds is 3. The van der Waals surface area contributed by atoms with Gasteiger partial charge in [-0.3, -0.25) is 4.98 Å². The zero-order valence-electron chi connectivity index (χ0n) is 12.2. The van der Waals surface area contributed by atoms with Gasteiger partial charge in [0.15, 0.2) is 0 Å². The van der Waals surface area contributed by atoms with Crippen molar-refractivity contribution in [3.8, 4) is 5.75 Å². The molecule has 3 aromatic rings. The third-order valence-electron chi connectivity index (χ3n) is 3.86. The highest BCUT2D eigenvalue weighted by molar-refractivity contribution is 5.83. The molecule has 106 valence electrons. The van der Waals surface area contributed by atoms with Crippen molar-refractivity contribution < 1.29 is 4.74 Å². The predicted molar refractivity (Wildman–Crippen MR) is 85.4 cm³/mol. The quantitative estimate of drug-likeness (QED) is 0.798. The highest BCUT2D eigenvalue weighted by atomic mass is 16.5. The summed E-state index contributed by atoms with van der Waals surface area (Å²) in [6.45, 7) is 1.99. The molecule has 1 unspecified atom stereocenters. The van der Waals surface area contributed by atoms with Crippen LogP contribution in [0.3, 0.4) is 0 Å². The lowest BCUT2D eigenvalue weighted by Gasteiger charge is -2.28. The maximum Gasteiger partial charge on any atom is 0.124 e. The van der Waals surface area contributed by atoms with Gasteiger partial charge in [-0.15, -0.1) is 0 Å². The van der Waals surface area contributed by atoms with Crippen LogP contribution in [0.15, 0.2) is 60.8 Å². The van der Waals surface area contributed by atoms with Gasteiger partial charge in [-0.25, -0.2) is 0 Å². The number of aromatic nitrogens is 1. The highest BCUT2D eigenvalue weighted by Crippen LogP contribution is 2.35. The number of hydrogen-bond acceptors (Lipinski definition) is 3. The maximum atomic E-state index is 6.68. The van der Waals surface area contributed by atoms with Crippen molar-refractivity contribution >= 4 is 10.9 Å². The number of ether oxygens (including phenoxy) is 1. The lowest BCUT2D eigenvalue weighted by atomic mass is 9.84. The molecule has 0 fully saturated rings. The summed E-state index contributed by atoms with van der Waals surface area (Å²) in [5, 5.41) is 1.08. The molecule has 2 aromatic carbocycles. The van der Waals surface area contributed by atoms with Crippen molar-refractivity contribution in [1.82, 2.24) is 4.98 Å². The molecule has 0 radical (unpaired) electrons. The van der Waals surface area contributed by atoms with E-state index in [0.29, 0.717) is 0 Å². The summed E-state index contributed by atoms with van der Waals surface area (Å²) in [7, 11) is 1.66. The molecule has 1 heterocycles. The molecule has 0 aliphatic heterocycles. The number of nitrogens with zero attached hydrogens (tertiary/aromatic N) is 1. The van der Waals surface area contributed by atoms with Crippen LogP contribution < -0.4 is 10.5 Å². The van der Waals surface area contributed by atoms with E-state index in [9.17, 15) is 0 Å². The number of pyridine rings is 1. The molecule has 0 amide bonds. The van der Waals surface area contributed by atoms with Crippen LogP contribution in [0, 0.1) is 0 Å². The largest absolute Gasteiger partial charge is 0.496 e. The van der Waals surface area contributed by atoms with Crippen LogP contribution in [0.2, 0.25) is 0 Å². The molecule has 0 saturated carbocycles. The van der Waals surface area contributed by atoms with Gasteiger partial charge in [0.2, 0.25) is 0 Å². The van der Waals surface area contributed by atoms with Gasteiger partial charge < -0.3 is 10.5 Å². The normalized spacial score (nSPS) is 13.9. The Morgan fingerprint density at radius 3 is 2.48 bits per heavy atom. The molecule has 1 aromatic heterocycles. The van der Waals surface area contributed by atoms with Crippen LogP contribution in [-0.2, 0) is 5.54 Å². The van der Waals surface area contributed by atoms with Crippen molar-refractivity contribution in [2.45, 2.75) is 12.5 Å². The van der Waals surface area contributed by atoms with E-state index < -0.39 is 5.54 Å². The lowest BCUT2D eigenvalue weighted by molar-refractivity contribution is 0.399. The molecule has 0 spiro atoms. The molecular weight excluding hydrogens is 260 g/mol. The molecule has 21 heavy (non-hydrogen) atoms. The average Bonchev–Trinajstić information content (AvgIpc) is 2.54. The number of benzene rings is 2. The van der Waals surface area contributed by atoms with E-state index in [-0.39, 0.29) is 0 Å². The minimum absolute atomic E-state index is 0.680. The van der Waals surface area contributed by atoms with E-state index >= 15 is 0 Å².